The van der Waals surface area contributed by atoms with Crippen LogP contribution in [-0.4, -0.2) is 39.0 Å². The molecular formula is C17H14F3N5O2S. The molecule has 3 rings (SSSR count). The number of aromatic nitrogens is 4. The number of nitrogens with zero attached hydrogens (tertiary/aromatic N) is 4. The maximum Gasteiger partial charge on any atom is 0.418 e. The van der Waals surface area contributed by atoms with Crippen molar-refractivity contribution in [2.75, 3.05) is 18.2 Å². The van der Waals surface area contributed by atoms with Crippen LogP contribution in [0.15, 0.2) is 53.7 Å². The van der Waals surface area contributed by atoms with Crippen molar-refractivity contribution in [3.8, 4) is 11.4 Å². The first-order valence-electron chi connectivity index (χ1n) is 7.90. The number of amides is 1. The van der Waals surface area contributed by atoms with Crippen molar-refractivity contribution < 1.29 is 22.7 Å². The number of ether oxygens (including phenoxy) is 1. The summed E-state index contributed by atoms with van der Waals surface area (Å²) in [4.78, 5) is 12.1. The summed E-state index contributed by atoms with van der Waals surface area (Å²) in [7, 11) is 1.54. The first kappa shape index (κ1) is 19.7. The van der Waals surface area contributed by atoms with Gasteiger partial charge in [0.25, 0.3) is 0 Å². The van der Waals surface area contributed by atoms with Crippen molar-refractivity contribution in [1.29, 1.82) is 0 Å². The van der Waals surface area contributed by atoms with Gasteiger partial charge in [0.05, 0.1) is 29.8 Å². The summed E-state index contributed by atoms with van der Waals surface area (Å²) in [6, 6.07) is 11.7. The number of tetrazole rings is 1. The van der Waals surface area contributed by atoms with Gasteiger partial charge in [0.2, 0.25) is 11.1 Å². The summed E-state index contributed by atoms with van der Waals surface area (Å²) >= 11 is 1.00. The Balaban J connectivity index is 1.67. The highest BCUT2D eigenvalue weighted by Gasteiger charge is 2.33. The molecule has 3 aromatic rings. The van der Waals surface area contributed by atoms with E-state index < -0.39 is 17.6 Å². The van der Waals surface area contributed by atoms with Gasteiger partial charge in [-0.3, -0.25) is 4.79 Å². The molecule has 2 aromatic carbocycles. The number of anilines is 1. The SMILES string of the molecule is COc1ccc(-n2nnnc2SCC(=O)Nc2ccccc2C(F)(F)F)cc1. The Bertz CT molecular complexity index is 960. The fraction of sp³-hybridized carbons (Fsp3) is 0.176. The van der Waals surface area contributed by atoms with Crippen LogP contribution in [0.3, 0.4) is 0 Å². The van der Waals surface area contributed by atoms with E-state index in [1.54, 1.807) is 31.4 Å². The monoisotopic (exact) mass is 409 g/mol. The largest absolute Gasteiger partial charge is 0.497 e. The van der Waals surface area contributed by atoms with Crippen molar-refractivity contribution in [2.45, 2.75) is 11.3 Å². The van der Waals surface area contributed by atoms with Gasteiger partial charge < -0.3 is 10.1 Å². The third-order valence-electron chi connectivity index (χ3n) is 3.60. The second kappa shape index (κ2) is 8.30. The number of methoxy groups -OCH3 is 1. The van der Waals surface area contributed by atoms with Gasteiger partial charge in [0, 0.05) is 0 Å². The Kier molecular flexibility index (Phi) is 5.83. The standard InChI is InChI=1S/C17H14F3N5O2S/c1-27-12-8-6-11(7-9-12)25-16(22-23-24-25)28-10-15(26)21-14-5-3-2-4-13(14)17(18,19)20/h2-9H,10H2,1H3,(H,21,26). The summed E-state index contributed by atoms with van der Waals surface area (Å²) in [5.74, 6) is -0.109. The third kappa shape index (κ3) is 4.60. The molecule has 0 saturated carbocycles. The summed E-state index contributed by atoms with van der Waals surface area (Å²) in [5.41, 5.74) is -0.553. The normalized spacial score (nSPS) is 11.3. The van der Waals surface area contributed by atoms with Gasteiger partial charge in [-0.25, -0.2) is 0 Å². The number of para-hydroxylation sites is 1. The fourth-order valence-corrected chi connectivity index (χ4v) is 3.00. The second-order valence-electron chi connectivity index (χ2n) is 5.45. The molecule has 0 atom stereocenters. The molecule has 0 radical (unpaired) electrons. The van der Waals surface area contributed by atoms with E-state index in [2.05, 4.69) is 20.8 Å². The zero-order chi connectivity index (χ0) is 20.1. The van der Waals surface area contributed by atoms with Gasteiger partial charge in [-0.15, -0.1) is 5.10 Å². The van der Waals surface area contributed by atoms with Gasteiger partial charge in [-0.1, -0.05) is 23.9 Å². The molecule has 1 amide bonds. The van der Waals surface area contributed by atoms with Crippen LogP contribution in [0.5, 0.6) is 5.75 Å². The zero-order valence-corrected chi connectivity index (χ0v) is 15.3. The molecule has 7 nitrogen and oxygen atoms in total. The molecular weight excluding hydrogens is 395 g/mol. The lowest BCUT2D eigenvalue weighted by Gasteiger charge is -2.13. The first-order chi connectivity index (χ1) is 13.4. The molecule has 0 saturated heterocycles. The number of thioether (sulfide) groups is 1. The topological polar surface area (TPSA) is 81.9 Å². The number of alkyl halides is 3. The lowest BCUT2D eigenvalue weighted by Crippen LogP contribution is -2.18. The minimum Gasteiger partial charge on any atom is -0.497 e. The Hall–Kier alpha value is -3.08. The van der Waals surface area contributed by atoms with Crippen LogP contribution in [-0.2, 0) is 11.0 Å². The molecule has 1 aromatic heterocycles. The van der Waals surface area contributed by atoms with E-state index in [1.807, 2.05) is 0 Å². The molecule has 0 bridgehead atoms. The second-order valence-corrected chi connectivity index (χ2v) is 6.39. The molecule has 28 heavy (non-hydrogen) atoms. The van der Waals surface area contributed by atoms with Crippen molar-refractivity contribution in [1.82, 2.24) is 20.2 Å². The Labute approximate surface area is 161 Å². The molecule has 146 valence electrons. The average molecular weight is 409 g/mol. The van der Waals surface area contributed by atoms with E-state index in [1.165, 1.54) is 22.9 Å². The van der Waals surface area contributed by atoms with E-state index >= 15 is 0 Å². The van der Waals surface area contributed by atoms with Crippen LogP contribution in [0.4, 0.5) is 18.9 Å². The Morgan fingerprint density at radius 2 is 1.89 bits per heavy atom. The lowest BCUT2D eigenvalue weighted by molar-refractivity contribution is -0.137. The Morgan fingerprint density at radius 1 is 1.18 bits per heavy atom. The molecule has 1 N–H and O–H groups in total. The molecule has 1 heterocycles. The molecule has 0 spiro atoms. The van der Waals surface area contributed by atoms with Gasteiger partial charge in [0.15, 0.2) is 0 Å². The number of nitrogens with one attached hydrogen (secondary N) is 1. The van der Waals surface area contributed by atoms with Gasteiger partial charge in [0.1, 0.15) is 5.75 Å². The van der Waals surface area contributed by atoms with Crippen molar-refractivity contribution in [3.05, 3.63) is 54.1 Å². The predicted octanol–water partition coefficient (Wildman–Crippen LogP) is 3.42. The number of hydrogen-bond donors (Lipinski definition) is 1. The summed E-state index contributed by atoms with van der Waals surface area (Å²) in [6.07, 6.45) is -4.56. The van der Waals surface area contributed by atoms with Crippen LogP contribution in [0.25, 0.3) is 5.69 Å². The number of benzene rings is 2. The van der Waals surface area contributed by atoms with Crippen LogP contribution < -0.4 is 10.1 Å². The highest BCUT2D eigenvalue weighted by atomic mass is 32.2. The molecule has 11 heteroatoms. The smallest absolute Gasteiger partial charge is 0.418 e. The van der Waals surface area contributed by atoms with Crippen molar-refractivity contribution in [2.24, 2.45) is 0 Å². The summed E-state index contributed by atoms with van der Waals surface area (Å²) in [6.45, 7) is 0. The first-order valence-corrected chi connectivity index (χ1v) is 8.88. The van der Waals surface area contributed by atoms with E-state index in [9.17, 15) is 18.0 Å². The number of rotatable bonds is 6. The van der Waals surface area contributed by atoms with Crippen molar-refractivity contribution in [3.63, 3.8) is 0 Å². The predicted molar refractivity (Wildman–Crippen MR) is 96.5 cm³/mol. The highest BCUT2D eigenvalue weighted by molar-refractivity contribution is 7.99. The van der Waals surface area contributed by atoms with Crippen LogP contribution in [0.1, 0.15) is 5.56 Å². The molecule has 0 fully saturated rings. The summed E-state index contributed by atoms with van der Waals surface area (Å²) < 4.78 is 45.5. The van der Waals surface area contributed by atoms with Gasteiger partial charge in [-0.05, 0) is 46.8 Å². The number of hydrogen-bond acceptors (Lipinski definition) is 6. The van der Waals surface area contributed by atoms with Gasteiger partial charge >= 0.3 is 6.18 Å². The van der Waals surface area contributed by atoms with E-state index in [4.69, 9.17) is 4.74 Å². The van der Waals surface area contributed by atoms with Crippen LogP contribution in [0.2, 0.25) is 0 Å². The van der Waals surface area contributed by atoms with Crippen LogP contribution in [0, 0.1) is 0 Å². The van der Waals surface area contributed by atoms with Crippen LogP contribution >= 0.6 is 11.8 Å². The van der Waals surface area contributed by atoms with Crippen molar-refractivity contribution >= 4 is 23.4 Å². The molecule has 0 aliphatic carbocycles. The maximum atomic E-state index is 13.0. The van der Waals surface area contributed by atoms with Gasteiger partial charge in [-0.2, -0.15) is 17.9 Å². The number of carbonyl (C=O) groups is 1. The molecule has 0 unspecified atom stereocenters. The quantitative estimate of drug-likeness (QED) is 0.629. The minimum atomic E-state index is -4.56. The molecule has 0 aliphatic heterocycles. The fourth-order valence-electron chi connectivity index (χ4n) is 2.31. The average Bonchev–Trinajstić information content (AvgIpc) is 3.14. The lowest BCUT2D eigenvalue weighted by atomic mass is 10.1. The zero-order valence-electron chi connectivity index (χ0n) is 14.5. The number of carbonyl (C=O) groups excluding carboxylic acids is 1. The maximum absolute atomic E-state index is 13.0. The summed E-state index contributed by atoms with van der Waals surface area (Å²) in [5, 5.41) is 13.9. The van der Waals surface area contributed by atoms with E-state index in [0.717, 1.165) is 17.8 Å². The van der Waals surface area contributed by atoms with E-state index in [-0.39, 0.29) is 11.4 Å². The molecule has 0 aliphatic rings. The number of halogens is 3. The Morgan fingerprint density at radius 3 is 2.57 bits per heavy atom. The minimum absolute atomic E-state index is 0.164. The highest BCUT2D eigenvalue weighted by Crippen LogP contribution is 2.34. The van der Waals surface area contributed by atoms with E-state index in [0.29, 0.717) is 16.6 Å². The third-order valence-corrected chi connectivity index (χ3v) is 4.52.